The third-order valence-electron chi connectivity index (χ3n) is 4.39. The number of likely N-dealkylation sites (tertiary alicyclic amines) is 1. The third kappa shape index (κ3) is 4.31. The van der Waals surface area contributed by atoms with Crippen LogP contribution in [-0.2, 0) is 6.42 Å². The summed E-state index contributed by atoms with van der Waals surface area (Å²) in [7, 11) is 0. The Balaban J connectivity index is 1.58. The van der Waals surface area contributed by atoms with Gasteiger partial charge in [-0.25, -0.2) is 9.59 Å². The van der Waals surface area contributed by atoms with Gasteiger partial charge in [-0.05, 0) is 48.6 Å². The number of nitrogens with zero attached hydrogens (tertiary/aromatic N) is 1. The van der Waals surface area contributed by atoms with Crippen LogP contribution in [-0.4, -0.2) is 35.1 Å². The van der Waals surface area contributed by atoms with Crippen LogP contribution in [0.15, 0.2) is 48.5 Å². The molecule has 130 valence electrons. The van der Waals surface area contributed by atoms with Crippen molar-refractivity contribution in [1.29, 1.82) is 0 Å². The molecule has 1 heterocycles. The summed E-state index contributed by atoms with van der Waals surface area (Å²) in [4.78, 5) is 25.2. The van der Waals surface area contributed by atoms with Gasteiger partial charge in [0.25, 0.3) is 0 Å². The zero-order chi connectivity index (χ0) is 17.8. The van der Waals surface area contributed by atoms with Crippen LogP contribution >= 0.6 is 11.6 Å². The normalized spacial score (nSPS) is 16.7. The summed E-state index contributed by atoms with van der Waals surface area (Å²) >= 11 is 6.07. The van der Waals surface area contributed by atoms with E-state index in [9.17, 15) is 9.59 Å². The third-order valence-corrected chi connectivity index (χ3v) is 4.72. The highest BCUT2D eigenvalue weighted by molar-refractivity contribution is 6.33. The topological polar surface area (TPSA) is 69.6 Å². The molecule has 2 amide bonds. The molecule has 6 heteroatoms. The fourth-order valence-electron chi connectivity index (χ4n) is 3.11. The van der Waals surface area contributed by atoms with Crippen LogP contribution in [0.5, 0.6) is 0 Å². The molecular formula is C19H19ClN2O3. The van der Waals surface area contributed by atoms with Gasteiger partial charge in [0.1, 0.15) is 0 Å². The summed E-state index contributed by atoms with van der Waals surface area (Å²) in [6, 6.07) is 14.0. The summed E-state index contributed by atoms with van der Waals surface area (Å²) in [5, 5.41) is 12.4. The Morgan fingerprint density at radius 2 is 2.00 bits per heavy atom. The van der Waals surface area contributed by atoms with E-state index in [1.54, 1.807) is 35.2 Å². The molecule has 5 nitrogen and oxygen atoms in total. The Morgan fingerprint density at radius 3 is 2.76 bits per heavy atom. The first-order chi connectivity index (χ1) is 12.0. The molecule has 0 aliphatic carbocycles. The molecule has 1 unspecified atom stereocenters. The van der Waals surface area contributed by atoms with Crippen LogP contribution in [0.1, 0.15) is 22.3 Å². The zero-order valence-electron chi connectivity index (χ0n) is 13.6. The van der Waals surface area contributed by atoms with E-state index in [0.29, 0.717) is 35.3 Å². The average Bonchev–Trinajstić information content (AvgIpc) is 3.06. The first-order valence-electron chi connectivity index (χ1n) is 8.15. The number of hydrogen-bond donors (Lipinski definition) is 2. The lowest BCUT2D eigenvalue weighted by atomic mass is 9.97. The van der Waals surface area contributed by atoms with E-state index in [0.717, 1.165) is 18.4 Å². The zero-order valence-corrected chi connectivity index (χ0v) is 14.4. The summed E-state index contributed by atoms with van der Waals surface area (Å²) in [5.41, 5.74) is 1.88. The van der Waals surface area contributed by atoms with Gasteiger partial charge in [-0.1, -0.05) is 35.9 Å². The summed E-state index contributed by atoms with van der Waals surface area (Å²) in [6.45, 7) is 1.33. The molecule has 2 aromatic carbocycles. The number of carboxylic acid groups (broad SMARTS) is 1. The van der Waals surface area contributed by atoms with E-state index in [2.05, 4.69) is 5.32 Å². The van der Waals surface area contributed by atoms with E-state index >= 15 is 0 Å². The molecule has 2 N–H and O–H groups in total. The van der Waals surface area contributed by atoms with Crippen molar-refractivity contribution in [2.45, 2.75) is 12.8 Å². The number of urea groups is 1. The molecule has 1 fully saturated rings. The van der Waals surface area contributed by atoms with Gasteiger partial charge in [0.15, 0.2) is 0 Å². The van der Waals surface area contributed by atoms with Gasteiger partial charge in [-0.15, -0.1) is 0 Å². The van der Waals surface area contributed by atoms with E-state index in [-0.39, 0.29) is 6.03 Å². The number of rotatable bonds is 4. The van der Waals surface area contributed by atoms with Crippen LogP contribution < -0.4 is 5.32 Å². The molecule has 2 aromatic rings. The highest BCUT2D eigenvalue weighted by Crippen LogP contribution is 2.24. The number of halogens is 1. The summed E-state index contributed by atoms with van der Waals surface area (Å²) in [6.07, 6.45) is 1.66. The van der Waals surface area contributed by atoms with Crippen molar-refractivity contribution in [3.63, 3.8) is 0 Å². The number of nitrogens with one attached hydrogen (secondary N) is 1. The molecule has 1 aliphatic rings. The number of amides is 2. The highest BCUT2D eigenvalue weighted by Gasteiger charge is 2.26. The lowest BCUT2D eigenvalue weighted by molar-refractivity contribution is 0.0696. The second kappa shape index (κ2) is 7.57. The van der Waals surface area contributed by atoms with Crippen molar-refractivity contribution in [2.75, 3.05) is 18.4 Å². The number of para-hydroxylation sites is 1. The fraction of sp³-hybridized carbons (Fsp3) is 0.263. The molecule has 0 radical (unpaired) electrons. The first kappa shape index (κ1) is 17.3. The largest absolute Gasteiger partial charge is 0.478 e. The van der Waals surface area contributed by atoms with Gasteiger partial charge in [0, 0.05) is 13.1 Å². The Hall–Kier alpha value is -2.53. The number of carboxylic acids is 1. The SMILES string of the molecule is O=C(O)c1cccc(CC2CCN(C(=O)Nc3ccccc3Cl)C2)c1. The number of aromatic carboxylic acids is 1. The number of benzene rings is 2. The van der Waals surface area contributed by atoms with Gasteiger partial charge < -0.3 is 15.3 Å². The van der Waals surface area contributed by atoms with Gasteiger partial charge in [-0.2, -0.15) is 0 Å². The molecule has 1 saturated heterocycles. The van der Waals surface area contributed by atoms with Crippen LogP contribution in [0, 0.1) is 5.92 Å². The fourth-order valence-corrected chi connectivity index (χ4v) is 3.29. The van der Waals surface area contributed by atoms with E-state index in [1.165, 1.54) is 0 Å². The lowest BCUT2D eigenvalue weighted by Gasteiger charge is -2.18. The molecule has 0 bridgehead atoms. The number of carbonyl (C=O) groups excluding carboxylic acids is 1. The molecule has 3 rings (SSSR count). The van der Waals surface area contributed by atoms with Gasteiger partial charge in [0.2, 0.25) is 0 Å². The highest BCUT2D eigenvalue weighted by atomic mass is 35.5. The number of hydrogen-bond acceptors (Lipinski definition) is 2. The maximum atomic E-state index is 12.4. The van der Waals surface area contributed by atoms with Crippen molar-refractivity contribution in [2.24, 2.45) is 5.92 Å². The predicted octanol–water partition coefficient (Wildman–Crippen LogP) is 4.13. The molecule has 0 aromatic heterocycles. The molecule has 0 saturated carbocycles. The van der Waals surface area contributed by atoms with Crippen molar-refractivity contribution in [3.8, 4) is 0 Å². The van der Waals surface area contributed by atoms with Crippen molar-refractivity contribution >= 4 is 29.3 Å². The minimum absolute atomic E-state index is 0.158. The van der Waals surface area contributed by atoms with Gasteiger partial charge >= 0.3 is 12.0 Å². The Morgan fingerprint density at radius 1 is 1.20 bits per heavy atom. The van der Waals surface area contributed by atoms with Crippen LogP contribution in [0.2, 0.25) is 5.02 Å². The number of carbonyl (C=O) groups is 2. The van der Waals surface area contributed by atoms with E-state index in [4.69, 9.17) is 16.7 Å². The Labute approximate surface area is 151 Å². The molecular weight excluding hydrogens is 340 g/mol. The second-order valence-corrected chi connectivity index (χ2v) is 6.63. The molecule has 0 spiro atoms. The Bertz CT molecular complexity index is 794. The molecule has 1 atom stereocenters. The van der Waals surface area contributed by atoms with Crippen molar-refractivity contribution in [1.82, 2.24) is 4.90 Å². The summed E-state index contributed by atoms with van der Waals surface area (Å²) in [5.74, 6) is -0.602. The van der Waals surface area contributed by atoms with Crippen LogP contribution in [0.4, 0.5) is 10.5 Å². The summed E-state index contributed by atoms with van der Waals surface area (Å²) < 4.78 is 0. The average molecular weight is 359 g/mol. The van der Waals surface area contributed by atoms with Gasteiger partial charge in [-0.3, -0.25) is 0 Å². The standard InChI is InChI=1S/C19H19ClN2O3/c20-16-6-1-2-7-17(16)21-19(25)22-9-8-14(12-22)10-13-4-3-5-15(11-13)18(23)24/h1-7,11,14H,8-10,12H2,(H,21,25)(H,23,24). The monoisotopic (exact) mass is 358 g/mol. The smallest absolute Gasteiger partial charge is 0.335 e. The van der Waals surface area contributed by atoms with E-state index in [1.807, 2.05) is 18.2 Å². The minimum atomic E-state index is -0.922. The van der Waals surface area contributed by atoms with E-state index < -0.39 is 5.97 Å². The van der Waals surface area contributed by atoms with Gasteiger partial charge in [0.05, 0.1) is 16.3 Å². The molecule has 25 heavy (non-hydrogen) atoms. The maximum Gasteiger partial charge on any atom is 0.335 e. The van der Waals surface area contributed by atoms with Crippen molar-refractivity contribution in [3.05, 3.63) is 64.7 Å². The van der Waals surface area contributed by atoms with Crippen LogP contribution in [0.25, 0.3) is 0 Å². The van der Waals surface area contributed by atoms with Crippen molar-refractivity contribution < 1.29 is 14.7 Å². The maximum absolute atomic E-state index is 12.4. The Kier molecular flexibility index (Phi) is 5.24. The minimum Gasteiger partial charge on any atom is -0.478 e. The lowest BCUT2D eigenvalue weighted by Crippen LogP contribution is -2.33. The second-order valence-electron chi connectivity index (χ2n) is 6.22. The quantitative estimate of drug-likeness (QED) is 0.863. The number of anilines is 1. The van der Waals surface area contributed by atoms with Crippen LogP contribution in [0.3, 0.4) is 0 Å². The predicted molar refractivity (Wildman–Crippen MR) is 97.3 cm³/mol. The first-order valence-corrected chi connectivity index (χ1v) is 8.53. The molecule has 1 aliphatic heterocycles.